The van der Waals surface area contributed by atoms with Gasteiger partial charge in [-0.1, -0.05) is 19.1 Å². The molecule has 0 N–H and O–H groups in total. The third-order valence-corrected chi connectivity index (χ3v) is 3.87. The predicted octanol–water partition coefficient (Wildman–Crippen LogP) is 3.39. The van der Waals surface area contributed by atoms with Crippen molar-refractivity contribution in [3.05, 3.63) is 29.8 Å². The summed E-state index contributed by atoms with van der Waals surface area (Å²) < 4.78 is 10.8. The van der Waals surface area contributed by atoms with Crippen LogP contribution in [0.15, 0.2) is 24.3 Å². The Hall–Kier alpha value is -1.84. The summed E-state index contributed by atoms with van der Waals surface area (Å²) in [4.78, 5) is 23.3. The summed E-state index contributed by atoms with van der Waals surface area (Å²) >= 11 is 0. The first-order valence-electron chi connectivity index (χ1n) is 7.48. The summed E-state index contributed by atoms with van der Waals surface area (Å²) in [6.45, 7) is 3.54. The highest BCUT2D eigenvalue weighted by Gasteiger charge is 2.21. The standard InChI is InChI=1S/C17H22O4/c1-12-7-9-14(10-8-12)21-17(19)11-20-16-6-4-3-5-15(16)13(2)18/h3-6,12,14H,7-11H2,1-2H3. The molecule has 2 rings (SSSR count). The monoisotopic (exact) mass is 290 g/mol. The predicted molar refractivity (Wildman–Crippen MR) is 79.5 cm³/mol. The Morgan fingerprint density at radius 2 is 1.81 bits per heavy atom. The van der Waals surface area contributed by atoms with Crippen LogP contribution in [-0.4, -0.2) is 24.5 Å². The molecule has 1 aliphatic rings. The van der Waals surface area contributed by atoms with E-state index in [4.69, 9.17) is 9.47 Å². The van der Waals surface area contributed by atoms with Crippen molar-refractivity contribution in [3.8, 4) is 5.75 Å². The van der Waals surface area contributed by atoms with E-state index in [0.29, 0.717) is 11.3 Å². The van der Waals surface area contributed by atoms with Gasteiger partial charge in [0, 0.05) is 0 Å². The topological polar surface area (TPSA) is 52.6 Å². The smallest absolute Gasteiger partial charge is 0.344 e. The van der Waals surface area contributed by atoms with Crippen LogP contribution in [0.1, 0.15) is 49.9 Å². The Morgan fingerprint density at radius 3 is 2.48 bits per heavy atom. The molecule has 1 aromatic carbocycles. The summed E-state index contributed by atoms with van der Waals surface area (Å²) in [5.41, 5.74) is 0.483. The minimum absolute atomic E-state index is 0.0142. The number of ether oxygens (including phenoxy) is 2. The number of benzene rings is 1. The SMILES string of the molecule is CC(=O)c1ccccc1OCC(=O)OC1CCC(C)CC1. The van der Waals surface area contributed by atoms with Gasteiger partial charge in [0.2, 0.25) is 0 Å². The molecule has 1 aromatic rings. The average molecular weight is 290 g/mol. The molecule has 21 heavy (non-hydrogen) atoms. The molecule has 0 atom stereocenters. The van der Waals surface area contributed by atoms with Crippen molar-refractivity contribution in [3.63, 3.8) is 0 Å². The summed E-state index contributed by atoms with van der Waals surface area (Å²) in [7, 11) is 0. The van der Waals surface area contributed by atoms with Crippen LogP contribution < -0.4 is 4.74 Å². The molecule has 1 saturated carbocycles. The molecule has 1 aliphatic carbocycles. The Labute approximate surface area is 125 Å². The van der Waals surface area contributed by atoms with E-state index in [1.54, 1.807) is 24.3 Å². The Balaban J connectivity index is 1.83. The molecule has 0 aromatic heterocycles. The van der Waals surface area contributed by atoms with E-state index in [2.05, 4.69) is 6.92 Å². The Morgan fingerprint density at radius 1 is 1.14 bits per heavy atom. The first kappa shape index (κ1) is 15.5. The van der Waals surface area contributed by atoms with Crippen molar-refractivity contribution in [2.24, 2.45) is 5.92 Å². The van der Waals surface area contributed by atoms with Crippen molar-refractivity contribution < 1.29 is 19.1 Å². The average Bonchev–Trinajstić information content (AvgIpc) is 2.48. The zero-order valence-electron chi connectivity index (χ0n) is 12.6. The lowest BCUT2D eigenvalue weighted by Gasteiger charge is -2.25. The van der Waals surface area contributed by atoms with Crippen molar-refractivity contribution in [1.82, 2.24) is 0 Å². The van der Waals surface area contributed by atoms with Gasteiger partial charge in [0.25, 0.3) is 0 Å². The number of rotatable bonds is 5. The summed E-state index contributed by atoms with van der Waals surface area (Å²) in [6.07, 6.45) is 4.08. The van der Waals surface area contributed by atoms with Crippen LogP contribution in [-0.2, 0) is 9.53 Å². The third kappa shape index (κ3) is 4.59. The summed E-state index contributed by atoms with van der Waals surface area (Å²) in [6, 6.07) is 6.92. The van der Waals surface area contributed by atoms with Crippen molar-refractivity contribution in [2.45, 2.75) is 45.6 Å². The molecule has 0 radical (unpaired) electrons. The van der Waals surface area contributed by atoms with Gasteiger partial charge in [-0.2, -0.15) is 0 Å². The lowest BCUT2D eigenvalue weighted by atomic mass is 9.89. The number of esters is 1. The largest absolute Gasteiger partial charge is 0.481 e. The number of para-hydroxylation sites is 1. The zero-order valence-corrected chi connectivity index (χ0v) is 12.6. The number of hydrogen-bond donors (Lipinski definition) is 0. The first-order chi connectivity index (χ1) is 10.1. The van der Waals surface area contributed by atoms with E-state index in [-0.39, 0.29) is 24.5 Å². The molecule has 0 saturated heterocycles. The van der Waals surface area contributed by atoms with Crippen LogP contribution in [0.3, 0.4) is 0 Å². The van der Waals surface area contributed by atoms with Crippen LogP contribution in [0.2, 0.25) is 0 Å². The van der Waals surface area contributed by atoms with Gasteiger partial charge < -0.3 is 9.47 Å². The molecule has 1 fully saturated rings. The van der Waals surface area contributed by atoms with Gasteiger partial charge in [-0.05, 0) is 50.7 Å². The number of ketones is 1. The summed E-state index contributed by atoms with van der Waals surface area (Å²) in [5, 5.41) is 0. The van der Waals surface area contributed by atoms with Crippen LogP contribution >= 0.6 is 0 Å². The quantitative estimate of drug-likeness (QED) is 0.616. The van der Waals surface area contributed by atoms with Crippen molar-refractivity contribution >= 4 is 11.8 Å². The van der Waals surface area contributed by atoms with E-state index in [1.807, 2.05) is 0 Å². The van der Waals surface area contributed by atoms with Gasteiger partial charge in [0.1, 0.15) is 11.9 Å². The molecule has 114 valence electrons. The van der Waals surface area contributed by atoms with Gasteiger partial charge in [0.05, 0.1) is 5.56 Å². The molecule has 0 heterocycles. The van der Waals surface area contributed by atoms with Gasteiger partial charge in [0.15, 0.2) is 12.4 Å². The maximum atomic E-state index is 11.8. The van der Waals surface area contributed by atoms with Gasteiger partial charge >= 0.3 is 5.97 Å². The number of Topliss-reactive ketones (excluding diaryl/α,β-unsaturated/α-hetero) is 1. The second-order valence-corrected chi connectivity index (χ2v) is 5.71. The molecule has 4 nitrogen and oxygen atoms in total. The van der Waals surface area contributed by atoms with Crippen molar-refractivity contribution in [1.29, 1.82) is 0 Å². The Bertz CT molecular complexity index is 501. The van der Waals surface area contributed by atoms with Crippen molar-refractivity contribution in [2.75, 3.05) is 6.61 Å². The highest BCUT2D eigenvalue weighted by atomic mass is 16.6. The highest BCUT2D eigenvalue weighted by Crippen LogP contribution is 2.25. The molecule has 0 unspecified atom stereocenters. The molecule has 4 heteroatoms. The fraction of sp³-hybridized carbons (Fsp3) is 0.529. The maximum absolute atomic E-state index is 11.8. The molecular formula is C17H22O4. The molecule has 0 spiro atoms. The van der Waals surface area contributed by atoms with E-state index in [9.17, 15) is 9.59 Å². The maximum Gasteiger partial charge on any atom is 0.344 e. The number of hydrogen-bond acceptors (Lipinski definition) is 4. The fourth-order valence-electron chi connectivity index (χ4n) is 2.59. The number of carbonyl (C=O) groups is 2. The van der Waals surface area contributed by atoms with E-state index in [1.165, 1.54) is 6.92 Å². The zero-order chi connectivity index (χ0) is 15.2. The van der Waals surface area contributed by atoms with Gasteiger partial charge in [-0.15, -0.1) is 0 Å². The normalized spacial score (nSPS) is 21.6. The molecular weight excluding hydrogens is 268 g/mol. The second kappa shape index (κ2) is 7.25. The van der Waals surface area contributed by atoms with E-state index >= 15 is 0 Å². The minimum Gasteiger partial charge on any atom is -0.481 e. The lowest BCUT2D eigenvalue weighted by molar-refractivity contribution is -0.153. The second-order valence-electron chi connectivity index (χ2n) is 5.71. The van der Waals surface area contributed by atoms with Gasteiger partial charge in [-0.25, -0.2) is 4.79 Å². The minimum atomic E-state index is -0.368. The molecule has 0 amide bonds. The first-order valence-corrected chi connectivity index (χ1v) is 7.48. The van der Waals surface area contributed by atoms with Crippen LogP contribution in [0.5, 0.6) is 5.75 Å². The van der Waals surface area contributed by atoms with Gasteiger partial charge in [-0.3, -0.25) is 4.79 Å². The molecule has 0 aliphatic heterocycles. The third-order valence-electron chi connectivity index (χ3n) is 3.87. The summed E-state index contributed by atoms with van der Waals surface area (Å²) in [5.74, 6) is 0.700. The van der Waals surface area contributed by atoms with Crippen LogP contribution in [0.25, 0.3) is 0 Å². The van der Waals surface area contributed by atoms with Crippen LogP contribution in [0, 0.1) is 5.92 Å². The van der Waals surface area contributed by atoms with E-state index in [0.717, 1.165) is 31.6 Å². The lowest BCUT2D eigenvalue weighted by Crippen LogP contribution is -2.26. The number of carbonyl (C=O) groups excluding carboxylic acids is 2. The van der Waals surface area contributed by atoms with Crippen LogP contribution in [0.4, 0.5) is 0 Å². The highest BCUT2D eigenvalue weighted by molar-refractivity contribution is 5.96. The Kier molecular flexibility index (Phi) is 5.37. The van der Waals surface area contributed by atoms with E-state index < -0.39 is 0 Å². The fourth-order valence-corrected chi connectivity index (χ4v) is 2.59. The molecule has 0 bridgehead atoms.